The third kappa shape index (κ3) is 2.43. The molecule has 1 aromatic rings. The van der Waals surface area contributed by atoms with Gasteiger partial charge in [0.15, 0.2) is 0 Å². The van der Waals surface area contributed by atoms with E-state index < -0.39 is 11.7 Å². The van der Waals surface area contributed by atoms with Crippen molar-refractivity contribution in [1.82, 2.24) is 10.4 Å². The average Bonchev–Trinajstić information content (AvgIpc) is 2.89. The highest BCUT2D eigenvalue weighted by Gasteiger charge is 2.44. The largest absolute Gasteiger partial charge is 0.298 e. The normalized spacial score (nSPS) is 20.9. The highest BCUT2D eigenvalue weighted by molar-refractivity contribution is 5.93. The van der Waals surface area contributed by atoms with Crippen LogP contribution in [0.2, 0.25) is 0 Å². The van der Waals surface area contributed by atoms with Gasteiger partial charge in [0.2, 0.25) is 0 Å². The van der Waals surface area contributed by atoms with Gasteiger partial charge in [0.25, 0.3) is 5.91 Å². The van der Waals surface area contributed by atoms with Crippen molar-refractivity contribution in [1.29, 1.82) is 0 Å². The molecule has 2 aliphatic rings. The molecule has 1 heterocycles. The molecular weight excluding hydrogens is 259 g/mol. The highest BCUT2D eigenvalue weighted by Crippen LogP contribution is 2.45. The fraction of sp³-hybridized carbons (Fsp3) is 0.533. The van der Waals surface area contributed by atoms with Gasteiger partial charge in [-0.25, -0.2) is 9.87 Å². The first-order valence-electron chi connectivity index (χ1n) is 7.07. The van der Waals surface area contributed by atoms with Crippen molar-refractivity contribution in [2.24, 2.45) is 5.41 Å². The van der Waals surface area contributed by atoms with Crippen LogP contribution in [0.3, 0.4) is 0 Å². The smallest absolute Gasteiger partial charge is 0.274 e. The van der Waals surface area contributed by atoms with E-state index in [2.05, 4.69) is 4.90 Å². The number of carbonyl (C=O) groups excluding carboxylic acids is 1. The second-order valence-corrected chi connectivity index (χ2v) is 6.10. The second kappa shape index (κ2) is 5.14. The van der Waals surface area contributed by atoms with Gasteiger partial charge in [0, 0.05) is 30.8 Å². The minimum Gasteiger partial charge on any atom is -0.298 e. The molecule has 0 aromatic heterocycles. The van der Waals surface area contributed by atoms with Crippen molar-refractivity contribution < 1.29 is 14.4 Å². The lowest BCUT2D eigenvalue weighted by Crippen LogP contribution is -2.54. The molecular formula is C15H19FN2O2. The van der Waals surface area contributed by atoms with E-state index in [9.17, 15) is 9.18 Å². The quantitative estimate of drug-likeness (QED) is 0.659. The van der Waals surface area contributed by atoms with Crippen LogP contribution in [0.5, 0.6) is 0 Å². The minimum atomic E-state index is -0.690. The Balaban J connectivity index is 1.62. The summed E-state index contributed by atoms with van der Waals surface area (Å²) in [6, 6.07) is 4.33. The zero-order chi connectivity index (χ0) is 14.2. The van der Waals surface area contributed by atoms with Crippen molar-refractivity contribution in [3.63, 3.8) is 0 Å². The summed E-state index contributed by atoms with van der Waals surface area (Å²) >= 11 is 0. The zero-order valence-electron chi connectivity index (χ0n) is 11.4. The standard InChI is InChI=1S/C15H19FN2O2/c16-13-7-11(14(19)17-20)3-4-12(13)8-18-9-15(10-18)5-1-2-6-15/h3-4,7,20H,1-2,5-6,8-10H2,(H,17,19). The van der Waals surface area contributed by atoms with Crippen LogP contribution >= 0.6 is 0 Å². The van der Waals surface area contributed by atoms with E-state index in [0.29, 0.717) is 17.5 Å². The van der Waals surface area contributed by atoms with E-state index in [4.69, 9.17) is 5.21 Å². The van der Waals surface area contributed by atoms with Crippen LogP contribution < -0.4 is 5.48 Å². The maximum Gasteiger partial charge on any atom is 0.274 e. The molecule has 1 aliphatic heterocycles. The van der Waals surface area contributed by atoms with Gasteiger partial charge in [-0.2, -0.15) is 0 Å². The lowest BCUT2D eigenvalue weighted by molar-refractivity contribution is -0.000948. The summed E-state index contributed by atoms with van der Waals surface area (Å²) in [7, 11) is 0. The van der Waals surface area contributed by atoms with Gasteiger partial charge in [-0.05, 0) is 30.4 Å². The van der Waals surface area contributed by atoms with E-state index in [0.717, 1.165) is 13.1 Å². The van der Waals surface area contributed by atoms with E-state index in [-0.39, 0.29) is 5.56 Å². The second-order valence-electron chi connectivity index (χ2n) is 6.10. The summed E-state index contributed by atoms with van der Waals surface area (Å²) in [6.07, 6.45) is 5.27. The first-order chi connectivity index (χ1) is 9.62. The predicted molar refractivity (Wildman–Crippen MR) is 71.8 cm³/mol. The molecule has 0 atom stereocenters. The van der Waals surface area contributed by atoms with Crippen molar-refractivity contribution in [3.8, 4) is 0 Å². The number of hydrogen-bond acceptors (Lipinski definition) is 3. The van der Waals surface area contributed by atoms with Crippen LogP contribution in [0.15, 0.2) is 18.2 Å². The Hall–Kier alpha value is -1.46. The molecule has 2 N–H and O–H groups in total. The number of carbonyl (C=O) groups is 1. The van der Waals surface area contributed by atoms with E-state index in [1.165, 1.54) is 43.3 Å². The molecule has 1 saturated carbocycles. The predicted octanol–water partition coefficient (Wildman–Crippen LogP) is 2.32. The first-order valence-corrected chi connectivity index (χ1v) is 7.07. The summed E-state index contributed by atoms with van der Waals surface area (Å²) in [5.74, 6) is -1.08. The summed E-state index contributed by atoms with van der Waals surface area (Å²) in [4.78, 5) is 13.5. The fourth-order valence-corrected chi connectivity index (χ4v) is 3.58. The number of nitrogens with one attached hydrogen (secondary N) is 1. The molecule has 2 fully saturated rings. The SMILES string of the molecule is O=C(NO)c1ccc(CN2CC3(CCCC3)C2)c(F)c1. The molecule has 0 unspecified atom stereocenters. The highest BCUT2D eigenvalue weighted by atomic mass is 19.1. The molecule has 0 radical (unpaired) electrons. The number of amides is 1. The molecule has 1 aromatic carbocycles. The Kier molecular flexibility index (Phi) is 3.48. The Bertz CT molecular complexity index is 519. The molecule has 3 rings (SSSR count). The number of nitrogens with zero attached hydrogens (tertiary/aromatic N) is 1. The van der Waals surface area contributed by atoms with E-state index >= 15 is 0 Å². The van der Waals surface area contributed by atoms with Crippen LogP contribution in [0.1, 0.15) is 41.6 Å². The first kappa shape index (κ1) is 13.5. The number of hydrogen-bond donors (Lipinski definition) is 2. The van der Waals surface area contributed by atoms with Gasteiger partial charge in [0.05, 0.1) is 0 Å². The maximum atomic E-state index is 13.9. The number of benzene rings is 1. The number of halogens is 1. The van der Waals surface area contributed by atoms with Crippen LogP contribution in [0, 0.1) is 11.2 Å². The monoisotopic (exact) mass is 278 g/mol. The number of rotatable bonds is 3. The van der Waals surface area contributed by atoms with Gasteiger partial charge < -0.3 is 0 Å². The van der Waals surface area contributed by atoms with Crippen molar-refractivity contribution in [3.05, 3.63) is 35.1 Å². The Morgan fingerprint density at radius 3 is 2.65 bits per heavy atom. The number of likely N-dealkylation sites (tertiary alicyclic amines) is 1. The third-order valence-electron chi connectivity index (χ3n) is 4.59. The Labute approximate surface area is 117 Å². The third-order valence-corrected chi connectivity index (χ3v) is 4.59. The van der Waals surface area contributed by atoms with Gasteiger partial charge >= 0.3 is 0 Å². The molecule has 1 saturated heterocycles. The Morgan fingerprint density at radius 1 is 1.35 bits per heavy atom. The van der Waals surface area contributed by atoms with Crippen LogP contribution in [-0.2, 0) is 6.54 Å². The Morgan fingerprint density at radius 2 is 2.05 bits per heavy atom. The fourth-order valence-electron chi connectivity index (χ4n) is 3.58. The minimum absolute atomic E-state index is 0.129. The van der Waals surface area contributed by atoms with Crippen molar-refractivity contribution in [2.75, 3.05) is 13.1 Å². The molecule has 5 heteroatoms. The topological polar surface area (TPSA) is 52.6 Å². The summed E-state index contributed by atoms with van der Waals surface area (Å²) in [5, 5.41) is 8.53. The summed E-state index contributed by atoms with van der Waals surface area (Å²) in [6.45, 7) is 2.71. The maximum absolute atomic E-state index is 13.9. The van der Waals surface area contributed by atoms with Crippen molar-refractivity contribution >= 4 is 5.91 Å². The van der Waals surface area contributed by atoms with Crippen molar-refractivity contribution in [2.45, 2.75) is 32.2 Å². The van der Waals surface area contributed by atoms with Crippen LogP contribution in [0.25, 0.3) is 0 Å². The van der Waals surface area contributed by atoms with E-state index in [1.54, 1.807) is 6.07 Å². The molecule has 4 nitrogen and oxygen atoms in total. The number of hydroxylamine groups is 1. The van der Waals surface area contributed by atoms with Crippen LogP contribution in [-0.4, -0.2) is 29.1 Å². The van der Waals surface area contributed by atoms with E-state index in [1.807, 2.05) is 0 Å². The molecule has 108 valence electrons. The molecule has 20 heavy (non-hydrogen) atoms. The molecule has 1 spiro atoms. The lowest BCUT2D eigenvalue weighted by Gasteiger charge is -2.48. The van der Waals surface area contributed by atoms with Gasteiger partial charge in [-0.1, -0.05) is 18.9 Å². The zero-order valence-corrected chi connectivity index (χ0v) is 11.4. The van der Waals surface area contributed by atoms with Gasteiger partial charge in [0.1, 0.15) is 5.82 Å². The van der Waals surface area contributed by atoms with Gasteiger partial charge in [-0.3, -0.25) is 14.9 Å². The molecule has 1 aliphatic carbocycles. The summed E-state index contributed by atoms with van der Waals surface area (Å²) < 4.78 is 13.9. The van der Waals surface area contributed by atoms with Gasteiger partial charge in [-0.15, -0.1) is 0 Å². The van der Waals surface area contributed by atoms with Crippen LogP contribution in [0.4, 0.5) is 4.39 Å². The molecule has 0 bridgehead atoms. The molecule has 1 amide bonds. The average molecular weight is 278 g/mol. The lowest BCUT2D eigenvalue weighted by atomic mass is 9.78. The summed E-state index contributed by atoms with van der Waals surface area (Å²) in [5.41, 5.74) is 2.75.